The summed E-state index contributed by atoms with van der Waals surface area (Å²) in [6, 6.07) is 9.30. The smallest absolute Gasteiger partial charge is 0.265 e. The normalized spacial score (nSPS) is 10.6. The third-order valence-corrected chi connectivity index (χ3v) is 4.67. The molecule has 3 aromatic rings. The minimum absolute atomic E-state index is 0.0990. The highest BCUT2D eigenvalue weighted by molar-refractivity contribution is 7.14. The van der Waals surface area contributed by atoms with Gasteiger partial charge in [-0.3, -0.25) is 4.79 Å². The van der Waals surface area contributed by atoms with E-state index < -0.39 is 0 Å². The zero-order valence-corrected chi connectivity index (χ0v) is 13.1. The van der Waals surface area contributed by atoms with Crippen molar-refractivity contribution < 1.29 is 4.79 Å². The minimum Gasteiger partial charge on any atom is -0.321 e. The maximum atomic E-state index is 12.3. The van der Waals surface area contributed by atoms with Crippen molar-refractivity contribution >= 4 is 22.9 Å². The van der Waals surface area contributed by atoms with E-state index in [1.165, 1.54) is 16.2 Å². The SMILES string of the molecule is CCc1sc(C(=O)Nc2cccc(-c3nn[nH]n3)c2)cc1C. The van der Waals surface area contributed by atoms with Crippen molar-refractivity contribution in [3.05, 3.63) is 45.6 Å². The number of amides is 1. The van der Waals surface area contributed by atoms with Gasteiger partial charge >= 0.3 is 0 Å². The number of nitrogens with one attached hydrogen (secondary N) is 2. The van der Waals surface area contributed by atoms with Gasteiger partial charge < -0.3 is 5.32 Å². The summed E-state index contributed by atoms with van der Waals surface area (Å²) in [7, 11) is 0. The molecule has 6 nitrogen and oxygen atoms in total. The van der Waals surface area contributed by atoms with Gasteiger partial charge in [0.15, 0.2) is 0 Å². The molecule has 0 fully saturated rings. The molecule has 0 atom stereocenters. The molecule has 0 aliphatic heterocycles. The Morgan fingerprint density at radius 3 is 2.91 bits per heavy atom. The zero-order valence-electron chi connectivity index (χ0n) is 12.3. The van der Waals surface area contributed by atoms with E-state index in [2.05, 4.69) is 32.9 Å². The molecule has 112 valence electrons. The molecule has 0 aliphatic carbocycles. The van der Waals surface area contributed by atoms with Crippen LogP contribution in [0.2, 0.25) is 0 Å². The van der Waals surface area contributed by atoms with Crippen LogP contribution >= 0.6 is 11.3 Å². The molecule has 2 heterocycles. The van der Waals surface area contributed by atoms with Gasteiger partial charge in [0.05, 0.1) is 4.88 Å². The Labute approximate surface area is 131 Å². The van der Waals surface area contributed by atoms with Crippen LogP contribution in [0.4, 0.5) is 5.69 Å². The Balaban J connectivity index is 1.80. The monoisotopic (exact) mass is 313 g/mol. The maximum Gasteiger partial charge on any atom is 0.265 e. The number of hydrogen-bond acceptors (Lipinski definition) is 5. The van der Waals surface area contributed by atoms with Crippen LogP contribution in [0, 0.1) is 6.92 Å². The largest absolute Gasteiger partial charge is 0.321 e. The number of aryl methyl sites for hydroxylation is 2. The fourth-order valence-corrected chi connectivity index (χ4v) is 3.20. The number of hydrogen-bond donors (Lipinski definition) is 2. The molecule has 0 aliphatic rings. The summed E-state index contributed by atoms with van der Waals surface area (Å²) < 4.78 is 0. The lowest BCUT2D eigenvalue weighted by molar-refractivity contribution is 0.103. The molecule has 22 heavy (non-hydrogen) atoms. The zero-order chi connectivity index (χ0) is 15.5. The van der Waals surface area contributed by atoms with Crippen LogP contribution in [-0.4, -0.2) is 26.5 Å². The van der Waals surface area contributed by atoms with Gasteiger partial charge in [-0.05, 0) is 42.3 Å². The molecule has 3 rings (SSSR count). The van der Waals surface area contributed by atoms with Crippen LogP contribution in [0.3, 0.4) is 0 Å². The van der Waals surface area contributed by atoms with E-state index in [0.717, 1.165) is 22.4 Å². The van der Waals surface area contributed by atoms with Crippen molar-refractivity contribution in [2.45, 2.75) is 20.3 Å². The standard InChI is InChI=1S/C15H15N5OS/c1-3-12-9(2)7-13(22-12)15(21)16-11-6-4-5-10(8-11)14-17-19-20-18-14/h4-8H,3H2,1-2H3,(H,16,21)(H,17,18,19,20). The van der Waals surface area contributed by atoms with Crippen LogP contribution in [-0.2, 0) is 6.42 Å². The molecule has 0 saturated heterocycles. The van der Waals surface area contributed by atoms with E-state index in [0.29, 0.717) is 11.5 Å². The third-order valence-electron chi connectivity index (χ3n) is 3.29. The number of carbonyl (C=O) groups excluding carboxylic acids is 1. The number of anilines is 1. The highest BCUT2D eigenvalue weighted by Crippen LogP contribution is 2.24. The Morgan fingerprint density at radius 2 is 2.23 bits per heavy atom. The number of thiophene rings is 1. The van der Waals surface area contributed by atoms with Gasteiger partial charge in [0.1, 0.15) is 0 Å². The third kappa shape index (κ3) is 2.89. The molecule has 2 N–H and O–H groups in total. The van der Waals surface area contributed by atoms with Crippen molar-refractivity contribution in [2.24, 2.45) is 0 Å². The fourth-order valence-electron chi connectivity index (χ4n) is 2.20. The number of H-pyrrole nitrogens is 1. The van der Waals surface area contributed by atoms with E-state index in [9.17, 15) is 4.79 Å². The number of nitrogens with zero attached hydrogens (tertiary/aromatic N) is 3. The first-order chi connectivity index (χ1) is 10.7. The summed E-state index contributed by atoms with van der Waals surface area (Å²) >= 11 is 1.54. The second kappa shape index (κ2) is 6.07. The minimum atomic E-state index is -0.0990. The van der Waals surface area contributed by atoms with Gasteiger partial charge in [0.2, 0.25) is 5.82 Å². The molecule has 0 spiro atoms. The lowest BCUT2D eigenvalue weighted by atomic mass is 10.2. The Morgan fingerprint density at radius 1 is 1.36 bits per heavy atom. The van der Waals surface area contributed by atoms with Gasteiger partial charge in [0.25, 0.3) is 5.91 Å². The number of aromatic amines is 1. The first-order valence-corrected chi connectivity index (χ1v) is 7.73. The van der Waals surface area contributed by atoms with E-state index in [4.69, 9.17) is 0 Å². The molecule has 1 amide bonds. The van der Waals surface area contributed by atoms with E-state index >= 15 is 0 Å². The van der Waals surface area contributed by atoms with Crippen LogP contribution < -0.4 is 5.32 Å². The van der Waals surface area contributed by atoms with Gasteiger partial charge in [-0.15, -0.1) is 21.5 Å². The number of aromatic nitrogens is 4. The predicted molar refractivity (Wildman–Crippen MR) is 86.0 cm³/mol. The highest BCUT2D eigenvalue weighted by atomic mass is 32.1. The Bertz CT molecular complexity index is 794. The molecule has 1 aromatic carbocycles. The second-order valence-electron chi connectivity index (χ2n) is 4.84. The van der Waals surface area contributed by atoms with Crippen LogP contribution in [0.15, 0.2) is 30.3 Å². The van der Waals surface area contributed by atoms with Crippen LogP contribution in [0.5, 0.6) is 0 Å². The summed E-state index contributed by atoms with van der Waals surface area (Å²) in [5.74, 6) is 0.398. The van der Waals surface area contributed by atoms with E-state index in [-0.39, 0.29) is 5.91 Å². The number of tetrazole rings is 1. The van der Waals surface area contributed by atoms with E-state index in [1.807, 2.05) is 37.3 Å². The first-order valence-electron chi connectivity index (χ1n) is 6.92. The molecule has 0 unspecified atom stereocenters. The summed E-state index contributed by atoms with van der Waals surface area (Å²) in [6.45, 7) is 4.12. The quantitative estimate of drug-likeness (QED) is 0.775. The first kappa shape index (κ1) is 14.4. The van der Waals surface area contributed by atoms with Gasteiger partial charge in [-0.1, -0.05) is 19.1 Å². The summed E-state index contributed by atoms with van der Waals surface area (Å²) in [5.41, 5.74) is 2.66. The van der Waals surface area contributed by atoms with Gasteiger partial charge in [-0.2, -0.15) is 5.21 Å². The average Bonchev–Trinajstić information content (AvgIpc) is 3.16. The van der Waals surface area contributed by atoms with E-state index in [1.54, 1.807) is 0 Å². The summed E-state index contributed by atoms with van der Waals surface area (Å²) in [6.07, 6.45) is 0.942. The van der Waals surface area contributed by atoms with Crippen molar-refractivity contribution in [2.75, 3.05) is 5.32 Å². The molecule has 2 aromatic heterocycles. The Hall–Kier alpha value is -2.54. The fraction of sp³-hybridized carbons (Fsp3) is 0.200. The predicted octanol–water partition coefficient (Wildman–Crippen LogP) is 3.05. The number of carbonyl (C=O) groups is 1. The van der Waals surface area contributed by atoms with Crippen LogP contribution in [0.1, 0.15) is 27.0 Å². The number of rotatable bonds is 4. The van der Waals surface area contributed by atoms with Crippen LogP contribution in [0.25, 0.3) is 11.4 Å². The molecule has 0 radical (unpaired) electrons. The summed E-state index contributed by atoms with van der Waals surface area (Å²) in [5, 5.41) is 16.7. The average molecular weight is 313 g/mol. The summed E-state index contributed by atoms with van der Waals surface area (Å²) in [4.78, 5) is 14.3. The second-order valence-corrected chi connectivity index (χ2v) is 5.98. The van der Waals surface area contributed by atoms with Gasteiger partial charge in [0, 0.05) is 16.1 Å². The van der Waals surface area contributed by atoms with Crippen molar-refractivity contribution in [3.63, 3.8) is 0 Å². The lowest BCUT2D eigenvalue weighted by Gasteiger charge is -2.04. The Kier molecular flexibility index (Phi) is 3.97. The molecule has 0 bridgehead atoms. The topological polar surface area (TPSA) is 83.6 Å². The molecule has 0 saturated carbocycles. The van der Waals surface area contributed by atoms with Crippen molar-refractivity contribution in [1.82, 2.24) is 20.6 Å². The number of benzene rings is 1. The molecule has 7 heteroatoms. The van der Waals surface area contributed by atoms with Crippen molar-refractivity contribution in [3.8, 4) is 11.4 Å². The van der Waals surface area contributed by atoms with Crippen molar-refractivity contribution in [1.29, 1.82) is 0 Å². The lowest BCUT2D eigenvalue weighted by Crippen LogP contribution is -2.10. The highest BCUT2D eigenvalue weighted by Gasteiger charge is 2.12. The van der Waals surface area contributed by atoms with Gasteiger partial charge in [-0.25, -0.2) is 0 Å². The molecular formula is C15H15N5OS. The maximum absolute atomic E-state index is 12.3. The molecular weight excluding hydrogens is 298 g/mol.